The molecule has 1 saturated heterocycles. The molecular weight excluding hydrogens is 194 g/mol. The molecule has 0 radical (unpaired) electrons. The van der Waals surface area contributed by atoms with Gasteiger partial charge in [0.2, 0.25) is 0 Å². The van der Waals surface area contributed by atoms with E-state index in [0.29, 0.717) is 0 Å². The van der Waals surface area contributed by atoms with Gasteiger partial charge in [0.1, 0.15) is 0 Å². The second-order valence-electron chi connectivity index (χ2n) is 3.55. The van der Waals surface area contributed by atoms with Crippen LogP contribution in [0.1, 0.15) is 13.8 Å². The molecule has 0 unspecified atom stereocenters. The highest BCUT2D eigenvalue weighted by Crippen LogP contribution is 2.25. The Kier molecular flexibility index (Phi) is 3.94. The molecule has 1 rings (SSSR count). The summed E-state index contributed by atoms with van der Waals surface area (Å²) in [6, 6.07) is -0.278. The molecule has 3 N–H and O–H groups in total. The number of aliphatic hydroxyl groups is 2. The standard InChI is InChI=1S/C8H16ClNO3/c1-4-6(3-11)13-5(2)7(10-9)8(4)12/h4-8,10-12H,3H2,1-2H3/t4-,5+,6-,7+,8+/m1/s1. The Morgan fingerprint density at radius 3 is 2.54 bits per heavy atom. The van der Waals surface area contributed by atoms with E-state index in [9.17, 15) is 5.11 Å². The van der Waals surface area contributed by atoms with Crippen molar-refractivity contribution in [2.24, 2.45) is 5.92 Å². The van der Waals surface area contributed by atoms with Crippen molar-refractivity contribution in [2.75, 3.05) is 6.61 Å². The summed E-state index contributed by atoms with van der Waals surface area (Å²) in [5.41, 5.74) is 0. The quantitative estimate of drug-likeness (QED) is 0.555. The molecule has 78 valence electrons. The molecule has 0 aromatic rings. The molecular formula is C8H16ClNO3. The number of aliphatic hydroxyl groups excluding tert-OH is 2. The van der Waals surface area contributed by atoms with E-state index < -0.39 is 6.10 Å². The predicted octanol–water partition coefficient (Wildman–Crippen LogP) is -0.125. The van der Waals surface area contributed by atoms with Gasteiger partial charge in [-0.3, -0.25) is 0 Å². The summed E-state index contributed by atoms with van der Waals surface area (Å²) >= 11 is 5.47. The zero-order valence-corrected chi connectivity index (χ0v) is 8.53. The summed E-state index contributed by atoms with van der Waals surface area (Å²) in [6.07, 6.45) is -1.08. The maximum absolute atomic E-state index is 9.77. The Bertz CT molecular complexity index is 169. The minimum Gasteiger partial charge on any atom is -0.394 e. The van der Waals surface area contributed by atoms with Crippen LogP contribution in [0, 0.1) is 5.92 Å². The Labute approximate surface area is 83.0 Å². The lowest BCUT2D eigenvalue weighted by atomic mass is 9.87. The number of ether oxygens (including phenoxy) is 1. The van der Waals surface area contributed by atoms with Gasteiger partial charge in [-0.25, -0.2) is 4.84 Å². The van der Waals surface area contributed by atoms with E-state index in [4.69, 9.17) is 21.6 Å². The van der Waals surface area contributed by atoms with Gasteiger partial charge in [0.25, 0.3) is 0 Å². The molecule has 0 bridgehead atoms. The summed E-state index contributed by atoms with van der Waals surface area (Å²) in [4.78, 5) is 2.49. The minimum absolute atomic E-state index is 0.0719. The van der Waals surface area contributed by atoms with Gasteiger partial charge in [0.05, 0.1) is 31.0 Å². The van der Waals surface area contributed by atoms with Crippen molar-refractivity contribution >= 4 is 11.8 Å². The van der Waals surface area contributed by atoms with Gasteiger partial charge in [-0.1, -0.05) is 6.92 Å². The summed E-state index contributed by atoms with van der Waals surface area (Å²) in [6.45, 7) is 3.58. The monoisotopic (exact) mass is 209 g/mol. The smallest absolute Gasteiger partial charge is 0.0860 e. The number of hydrogen-bond acceptors (Lipinski definition) is 4. The van der Waals surface area contributed by atoms with Gasteiger partial charge < -0.3 is 14.9 Å². The van der Waals surface area contributed by atoms with Gasteiger partial charge in [0.15, 0.2) is 0 Å². The normalized spacial score (nSPS) is 46.4. The zero-order valence-electron chi connectivity index (χ0n) is 7.77. The molecule has 0 aromatic carbocycles. The molecule has 0 aliphatic carbocycles. The highest BCUT2D eigenvalue weighted by molar-refractivity contribution is 6.13. The summed E-state index contributed by atoms with van der Waals surface area (Å²) in [5.74, 6) is -0.113. The van der Waals surface area contributed by atoms with E-state index in [0.717, 1.165) is 0 Å². The molecule has 5 atom stereocenters. The largest absolute Gasteiger partial charge is 0.394 e. The van der Waals surface area contributed by atoms with Crippen molar-refractivity contribution in [3.8, 4) is 0 Å². The Balaban J connectivity index is 2.66. The van der Waals surface area contributed by atoms with E-state index in [1.807, 2.05) is 13.8 Å². The SMILES string of the molecule is C[C@H]1[C@H](O)[C@@H](NCl)[C@H](C)O[C@@H]1CO. The Morgan fingerprint density at radius 2 is 2.08 bits per heavy atom. The van der Waals surface area contributed by atoms with Crippen LogP contribution in [-0.2, 0) is 4.74 Å². The summed E-state index contributed by atoms with van der Waals surface area (Å²) in [7, 11) is 0. The second kappa shape index (κ2) is 4.57. The van der Waals surface area contributed by atoms with Crippen molar-refractivity contribution in [3.63, 3.8) is 0 Å². The number of rotatable bonds is 2. The topological polar surface area (TPSA) is 61.7 Å². The van der Waals surface area contributed by atoms with Gasteiger partial charge in [-0.15, -0.1) is 0 Å². The first-order valence-corrected chi connectivity index (χ1v) is 4.80. The average molecular weight is 210 g/mol. The van der Waals surface area contributed by atoms with Crippen molar-refractivity contribution < 1.29 is 14.9 Å². The van der Waals surface area contributed by atoms with Crippen molar-refractivity contribution in [1.82, 2.24) is 4.84 Å². The maximum Gasteiger partial charge on any atom is 0.0860 e. The van der Waals surface area contributed by atoms with Crippen LogP contribution in [-0.4, -0.2) is 41.2 Å². The van der Waals surface area contributed by atoms with Crippen LogP contribution in [0.4, 0.5) is 0 Å². The third kappa shape index (κ3) is 2.14. The van der Waals surface area contributed by atoms with Crippen LogP contribution in [0.3, 0.4) is 0 Å². The predicted molar refractivity (Wildman–Crippen MR) is 49.4 cm³/mol. The lowest BCUT2D eigenvalue weighted by Gasteiger charge is -2.41. The first-order valence-electron chi connectivity index (χ1n) is 4.42. The zero-order chi connectivity index (χ0) is 10.0. The molecule has 0 aromatic heterocycles. The Hall–Kier alpha value is 0.130. The van der Waals surface area contributed by atoms with E-state index in [-0.39, 0.29) is 30.8 Å². The molecule has 1 heterocycles. The van der Waals surface area contributed by atoms with E-state index >= 15 is 0 Å². The summed E-state index contributed by atoms with van der Waals surface area (Å²) in [5, 5.41) is 18.7. The number of halogens is 1. The Morgan fingerprint density at radius 1 is 1.46 bits per heavy atom. The van der Waals surface area contributed by atoms with E-state index in [2.05, 4.69) is 4.84 Å². The highest BCUT2D eigenvalue weighted by Gasteiger charge is 2.40. The van der Waals surface area contributed by atoms with Crippen LogP contribution in [0.2, 0.25) is 0 Å². The molecule has 0 amide bonds. The first-order chi connectivity index (χ1) is 6.11. The fourth-order valence-corrected chi connectivity index (χ4v) is 1.98. The molecule has 0 spiro atoms. The van der Waals surface area contributed by atoms with Crippen LogP contribution >= 0.6 is 11.8 Å². The van der Waals surface area contributed by atoms with Crippen LogP contribution in [0.25, 0.3) is 0 Å². The van der Waals surface area contributed by atoms with Gasteiger partial charge in [0, 0.05) is 5.92 Å². The molecule has 4 nitrogen and oxygen atoms in total. The molecule has 1 fully saturated rings. The molecule has 1 aliphatic heterocycles. The minimum atomic E-state index is -0.585. The lowest BCUT2D eigenvalue weighted by Crippen LogP contribution is -2.57. The third-order valence-corrected chi connectivity index (χ3v) is 2.95. The first kappa shape index (κ1) is 11.2. The van der Waals surface area contributed by atoms with Crippen molar-refractivity contribution in [1.29, 1.82) is 0 Å². The van der Waals surface area contributed by atoms with Crippen molar-refractivity contribution in [2.45, 2.75) is 38.2 Å². The van der Waals surface area contributed by atoms with E-state index in [1.165, 1.54) is 0 Å². The second-order valence-corrected chi connectivity index (χ2v) is 3.77. The van der Waals surface area contributed by atoms with E-state index in [1.54, 1.807) is 0 Å². The van der Waals surface area contributed by atoms with Gasteiger partial charge in [-0.2, -0.15) is 0 Å². The fourth-order valence-electron chi connectivity index (χ4n) is 1.67. The van der Waals surface area contributed by atoms with Crippen molar-refractivity contribution in [3.05, 3.63) is 0 Å². The fraction of sp³-hybridized carbons (Fsp3) is 1.00. The van der Waals surface area contributed by atoms with Gasteiger partial charge >= 0.3 is 0 Å². The third-order valence-electron chi connectivity index (χ3n) is 2.69. The molecule has 0 saturated carbocycles. The summed E-state index contributed by atoms with van der Waals surface area (Å²) < 4.78 is 5.46. The van der Waals surface area contributed by atoms with Crippen LogP contribution < -0.4 is 4.84 Å². The number of nitrogens with one attached hydrogen (secondary N) is 1. The maximum atomic E-state index is 9.77. The molecule has 13 heavy (non-hydrogen) atoms. The van der Waals surface area contributed by atoms with Gasteiger partial charge in [-0.05, 0) is 18.7 Å². The molecule has 5 heteroatoms. The molecule has 1 aliphatic rings. The van der Waals surface area contributed by atoms with Crippen LogP contribution in [0.5, 0.6) is 0 Å². The highest BCUT2D eigenvalue weighted by atomic mass is 35.5. The lowest BCUT2D eigenvalue weighted by molar-refractivity contribution is -0.152. The van der Waals surface area contributed by atoms with Crippen LogP contribution in [0.15, 0.2) is 0 Å². The average Bonchev–Trinajstić information content (AvgIpc) is 2.12. The number of hydrogen-bond donors (Lipinski definition) is 3.